The van der Waals surface area contributed by atoms with Gasteiger partial charge in [0.1, 0.15) is 0 Å². The molecular weight excluding hydrogens is 478 g/mol. The van der Waals surface area contributed by atoms with Crippen LogP contribution in [0.15, 0.2) is 42.5 Å². The van der Waals surface area contributed by atoms with Gasteiger partial charge in [-0.05, 0) is 65.1 Å². The Kier molecular flexibility index (Phi) is 6.54. The first-order valence-corrected chi connectivity index (χ1v) is 13.1. The van der Waals surface area contributed by atoms with Crippen LogP contribution >= 0.6 is 0 Å². The number of allylic oxidation sites excluding steroid dienone is 1. The van der Waals surface area contributed by atoms with Crippen LogP contribution in [0.4, 0.5) is 0 Å². The first-order chi connectivity index (χ1) is 17.9. The molecule has 0 amide bonds. The van der Waals surface area contributed by atoms with Gasteiger partial charge in [0.15, 0.2) is 23.9 Å². The van der Waals surface area contributed by atoms with E-state index in [0.717, 1.165) is 51.2 Å². The van der Waals surface area contributed by atoms with E-state index < -0.39 is 11.4 Å². The zero-order valence-electron chi connectivity index (χ0n) is 23.0. The maximum absolute atomic E-state index is 13.7. The number of Topliss-reactive ketones (excluding diaryl/α,β-unsaturated/α-hetero) is 1. The Morgan fingerprint density at radius 2 is 1.74 bits per heavy atom. The van der Waals surface area contributed by atoms with Gasteiger partial charge >= 0.3 is 5.97 Å². The van der Waals surface area contributed by atoms with Crippen LogP contribution in [0.3, 0.4) is 0 Å². The van der Waals surface area contributed by atoms with Crippen molar-refractivity contribution in [1.29, 1.82) is 0 Å². The van der Waals surface area contributed by atoms with Crippen molar-refractivity contribution in [2.45, 2.75) is 54.4 Å². The third-order valence-electron chi connectivity index (χ3n) is 7.55. The monoisotopic (exact) mass is 513 g/mol. The minimum absolute atomic E-state index is 0.000681. The largest absolute Gasteiger partial charge is 0.454 e. The van der Waals surface area contributed by atoms with E-state index in [2.05, 4.69) is 26.8 Å². The molecule has 2 aromatic carbocycles. The Labute approximate surface area is 224 Å². The summed E-state index contributed by atoms with van der Waals surface area (Å²) in [6.07, 6.45) is 3.67. The van der Waals surface area contributed by atoms with Gasteiger partial charge < -0.3 is 14.2 Å². The highest BCUT2D eigenvalue weighted by Crippen LogP contribution is 2.45. The van der Waals surface area contributed by atoms with Crippen molar-refractivity contribution in [1.82, 2.24) is 4.98 Å². The van der Waals surface area contributed by atoms with Gasteiger partial charge in [0.05, 0.1) is 16.8 Å². The number of pyridine rings is 1. The summed E-state index contributed by atoms with van der Waals surface area (Å²) in [4.78, 5) is 31.3. The molecule has 0 unspecified atom stereocenters. The van der Waals surface area contributed by atoms with Crippen LogP contribution < -0.4 is 9.47 Å². The molecule has 1 atom stereocenters. The van der Waals surface area contributed by atoms with Crippen LogP contribution in [0, 0.1) is 16.7 Å². The molecule has 198 valence electrons. The molecule has 1 aliphatic carbocycles. The molecule has 0 saturated carbocycles. The predicted molar refractivity (Wildman–Crippen MR) is 148 cm³/mol. The minimum atomic E-state index is -0.585. The van der Waals surface area contributed by atoms with Crippen molar-refractivity contribution >= 4 is 34.3 Å². The summed E-state index contributed by atoms with van der Waals surface area (Å²) in [5, 5.41) is 0.747. The summed E-state index contributed by atoms with van der Waals surface area (Å²) in [6.45, 7) is 12.1. The van der Waals surface area contributed by atoms with Crippen molar-refractivity contribution in [2.75, 3.05) is 13.4 Å². The van der Waals surface area contributed by atoms with E-state index >= 15 is 0 Å². The number of aromatic nitrogens is 1. The maximum Gasteiger partial charge on any atom is 0.339 e. The number of nitrogens with zero attached hydrogens (tertiary/aromatic N) is 1. The molecule has 2 heterocycles. The highest BCUT2D eigenvalue weighted by Gasteiger charge is 2.36. The van der Waals surface area contributed by atoms with Crippen molar-refractivity contribution < 1.29 is 23.8 Å². The molecule has 1 aromatic heterocycles. The van der Waals surface area contributed by atoms with Crippen LogP contribution in [-0.4, -0.2) is 30.1 Å². The van der Waals surface area contributed by atoms with E-state index in [0.29, 0.717) is 12.0 Å². The maximum atomic E-state index is 13.7. The number of fused-ring (bicyclic) bond motifs is 3. The molecule has 38 heavy (non-hydrogen) atoms. The number of rotatable bonds is 4. The van der Waals surface area contributed by atoms with Crippen LogP contribution in [0.25, 0.3) is 22.6 Å². The quantitative estimate of drug-likeness (QED) is 0.354. The first-order valence-electron chi connectivity index (χ1n) is 13.1. The van der Waals surface area contributed by atoms with E-state index in [4.69, 9.17) is 19.2 Å². The fourth-order valence-electron chi connectivity index (χ4n) is 4.99. The molecule has 6 nitrogen and oxygen atoms in total. The van der Waals surface area contributed by atoms with Gasteiger partial charge in [-0.1, -0.05) is 65.8 Å². The summed E-state index contributed by atoms with van der Waals surface area (Å²) < 4.78 is 16.7. The van der Waals surface area contributed by atoms with Crippen molar-refractivity contribution in [3.8, 4) is 11.5 Å². The second-order valence-corrected chi connectivity index (χ2v) is 12.3. The van der Waals surface area contributed by atoms with E-state index in [9.17, 15) is 9.59 Å². The van der Waals surface area contributed by atoms with Gasteiger partial charge in [0, 0.05) is 10.8 Å². The molecule has 1 aliphatic heterocycles. The van der Waals surface area contributed by atoms with Gasteiger partial charge in [-0.2, -0.15) is 0 Å². The highest BCUT2D eigenvalue weighted by molar-refractivity contribution is 6.07. The SMILES string of the molecule is CC(C)(C)C(=O)COC(=O)c1c2c(nc3ccccc13)/C(=C\c1ccc3c(c1)OCO3)C[C@@H](C(C)(C)C)C2. The molecule has 2 aliphatic rings. The van der Waals surface area contributed by atoms with E-state index in [1.54, 1.807) is 0 Å². The molecule has 6 heteroatoms. The van der Waals surface area contributed by atoms with Crippen molar-refractivity contribution in [3.05, 3.63) is 64.8 Å². The summed E-state index contributed by atoms with van der Waals surface area (Å²) in [6, 6.07) is 13.6. The fourth-order valence-corrected chi connectivity index (χ4v) is 4.99. The Morgan fingerprint density at radius 3 is 2.47 bits per heavy atom. The van der Waals surface area contributed by atoms with Crippen LogP contribution in [0.1, 0.15) is 75.1 Å². The first kappa shape index (κ1) is 26.0. The number of ether oxygens (including phenoxy) is 3. The van der Waals surface area contributed by atoms with Crippen LogP contribution in [-0.2, 0) is 16.0 Å². The van der Waals surface area contributed by atoms with E-state index in [-0.39, 0.29) is 30.5 Å². The normalized spacial score (nSPS) is 17.9. The zero-order chi connectivity index (χ0) is 27.2. The van der Waals surface area contributed by atoms with Gasteiger partial charge in [0.2, 0.25) is 6.79 Å². The van der Waals surface area contributed by atoms with Crippen LogP contribution in [0.5, 0.6) is 11.5 Å². The second kappa shape index (κ2) is 9.57. The molecule has 3 aromatic rings. The van der Waals surface area contributed by atoms with Gasteiger partial charge in [-0.15, -0.1) is 0 Å². The minimum Gasteiger partial charge on any atom is -0.454 e. The lowest BCUT2D eigenvalue weighted by atomic mass is 9.69. The lowest BCUT2D eigenvalue weighted by molar-refractivity contribution is -0.129. The molecule has 0 fully saturated rings. The summed E-state index contributed by atoms with van der Waals surface area (Å²) >= 11 is 0. The number of ketones is 1. The number of carbonyl (C=O) groups excluding carboxylic acids is 2. The lowest BCUT2D eigenvalue weighted by Crippen LogP contribution is -2.30. The number of hydrogen-bond donors (Lipinski definition) is 0. The number of para-hydroxylation sites is 1. The summed E-state index contributed by atoms with van der Waals surface area (Å²) in [5.41, 5.74) is 4.41. The molecular formula is C32H35NO5. The fraction of sp³-hybridized carbons (Fsp3) is 0.406. The lowest BCUT2D eigenvalue weighted by Gasteiger charge is -2.36. The van der Waals surface area contributed by atoms with Gasteiger partial charge in [-0.3, -0.25) is 4.79 Å². The Hall–Kier alpha value is -3.67. The molecule has 0 N–H and O–H groups in total. The van der Waals surface area contributed by atoms with Crippen molar-refractivity contribution in [2.24, 2.45) is 16.7 Å². The standard InChI is InChI=1S/C32H35NO5/c1-31(2,3)21-15-20(13-19-11-12-25-26(14-19)38-18-37-25)29-23(16-21)28(22-9-7-8-10-24(22)33-29)30(35)36-17-27(34)32(4,5)6/h7-14,21H,15-18H2,1-6H3/b20-13-/t21-/m1/s1. The van der Waals surface area contributed by atoms with E-state index in [1.165, 1.54) is 0 Å². The topological polar surface area (TPSA) is 74.7 Å². The third kappa shape index (κ3) is 5.04. The molecule has 0 radical (unpaired) electrons. The van der Waals surface area contributed by atoms with Gasteiger partial charge in [0.25, 0.3) is 0 Å². The average molecular weight is 514 g/mol. The number of hydrogen-bond acceptors (Lipinski definition) is 6. The summed E-state index contributed by atoms with van der Waals surface area (Å²) in [5.74, 6) is 1.15. The predicted octanol–water partition coefficient (Wildman–Crippen LogP) is 6.88. The third-order valence-corrected chi connectivity index (χ3v) is 7.55. The average Bonchev–Trinajstić information content (AvgIpc) is 3.32. The zero-order valence-corrected chi connectivity index (χ0v) is 23.0. The Balaban J connectivity index is 1.65. The number of benzene rings is 2. The van der Waals surface area contributed by atoms with E-state index in [1.807, 2.05) is 63.2 Å². The highest BCUT2D eigenvalue weighted by atomic mass is 16.7. The number of carbonyl (C=O) groups is 2. The molecule has 0 bridgehead atoms. The Bertz CT molecular complexity index is 1460. The molecule has 0 saturated heterocycles. The van der Waals surface area contributed by atoms with Crippen molar-refractivity contribution in [3.63, 3.8) is 0 Å². The summed E-state index contributed by atoms with van der Waals surface area (Å²) in [7, 11) is 0. The second-order valence-electron chi connectivity index (χ2n) is 12.3. The Morgan fingerprint density at radius 1 is 1.00 bits per heavy atom. The molecule has 0 spiro atoms. The molecule has 5 rings (SSSR count). The van der Waals surface area contributed by atoms with Crippen LogP contribution in [0.2, 0.25) is 0 Å². The smallest absolute Gasteiger partial charge is 0.339 e. The van der Waals surface area contributed by atoms with Gasteiger partial charge in [-0.25, -0.2) is 9.78 Å². The number of esters is 1.